The standard InChI is InChI=1S/C20H16N4O3/c1-27-15-9-7-14(8-10-15)24-22-17-11-6-13(12-18(17)23-24)21-20(26)16-4-2-3-5-19(16)25/h2-12,25H,1H3,(H,21,26). The van der Waals surface area contributed by atoms with Crippen molar-refractivity contribution < 1.29 is 14.6 Å². The van der Waals surface area contributed by atoms with Gasteiger partial charge in [0.15, 0.2) is 0 Å². The average Bonchev–Trinajstić information content (AvgIpc) is 3.11. The molecule has 4 rings (SSSR count). The first-order chi connectivity index (χ1) is 13.1. The van der Waals surface area contributed by atoms with Gasteiger partial charge in [-0.25, -0.2) is 0 Å². The maximum absolute atomic E-state index is 12.3. The number of benzene rings is 3. The van der Waals surface area contributed by atoms with Crippen molar-refractivity contribution in [1.29, 1.82) is 0 Å². The molecule has 1 aromatic heterocycles. The number of nitrogens with zero attached hydrogens (tertiary/aromatic N) is 3. The molecule has 4 aromatic rings. The van der Waals surface area contributed by atoms with Crippen LogP contribution in [0, 0.1) is 0 Å². The minimum atomic E-state index is -0.394. The highest BCUT2D eigenvalue weighted by Gasteiger charge is 2.12. The Bertz CT molecular complexity index is 1120. The second kappa shape index (κ2) is 6.80. The van der Waals surface area contributed by atoms with Crippen LogP contribution in [0.5, 0.6) is 11.5 Å². The molecule has 0 unspecified atom stereocenters. The second-order valence-corrected chi connectivity index (χ2v) is 5.86. The largest absolute Gasteiger partial charge is 0.507 e. The van der Waals surface area contributed by atoms with Gasteiger partial charge in [-0.1, -0.05) is 12.1 Å². The molecule has 0 atom stereocenters. The Labute approximate surface area is 154 Å². The zero-order valence-corrected chi connectivity index (χ0v) is 14.5. The summed E-state index contributed by atoms with van der Waals surface area (Å²) in [6, 6.07) is 19.0. The fraction of sp³-hybridized carbons (Fsp3) is 0.0500. The molecule has 1 heterocycles. The molecule has 2 N–H and O–H groups in total. The minimum Gasteiger partial charge on any atom is -0.507 e. The van der Waals surface area contributed by atoms with Crippen molar-refractivity contribution in [2.45, 2.75) is 0 Å². The Hall–Kier alpha value is -3.87. The van der Waals surface area contributed by atoms with Crippen molar-refractivity contribution in [1.82, 2.24) is 15.0 Å². The van der Waals surface area contributed by atoms with E-state index in [-0.39, 0.29) is 11.3 Å². The highest BCUT2D eigenvalue weighted by molar-refractivity contribution is 6.06. The Kier molecular flexibility index (Phi) is 4.18. The Morgan fingerprint density at radius 1 is 1.00 bits per heavy atom. The van der Waals surface area contributed by atoms with Crippen LogP contribution in [0.1, 0.15) is 10.4 Å². The van der Waals surface area contributed by atoms with Gasteiger partial charge in [0.2, 0.25) is 0 Å². The summed E-state index contributed by atoms with van der Waals surface area (Å²) in [4.78, 5) is 13.9. The summed E-state index contributed by atoms with van der Waals surface area (Å²) in [5.74, 6) is 0.293. The van der Waals surface area contributed by atoms with Crippen molar-refractivity contribution in [3.8, 4) is 17.2 Å². The number of rotatable bonds is 4. The number of para-hydroxylation sites is 1. The normalized spacial score (nSPS) is 10.7. The van der Waals surface area contributed by atoms with Crippen LogP contribution in [0.25, 0.3) is 16.7 Å². The van der Waals surface area contributed by atoms with Crippen LogP contribution in [-0.4, -0.2) is 33.1 Å². The maximum atomic E-state index is 12.3. The minimum absolute atomic E-state index is 0.0680. The molecule has 0 saturated carbocycles. The SMILES string of the molecule is COc1ccc(-n2nc3ccc(NC(=O)c4ccccc4O)cc3n2)cc1. The number of fused-ring (bicyclic) bond motifs is 1. The van der Waals surface area contributed by atoms with Crippen molar-refractivity contribution in [2.24, 2.45) is 0 Å². The van der Waals surface area contributed by atoms with Crippen molar-refractivity contribution in [3.05, 3.63) is 72.3 Å². The van der Waals surface area contributed by atoms with E-state index >= 15 is 0 Å². The summed E-state index contributed by atoms with van der Waals surface area (Å²) in [5.41, 5.74) is 2.91. The maximum Gasteiger partial charge on any atom is 0.259 e. The van der Waals surface area contributed by atoms with E-state index in [1.54, 1.807) is 43.5 Å². The highest BCUT2D eigenvalue weighted by Crippen LogP contribution is 2.21. The van der Waals surface area contributed by atoms with E-state index in [1.165, 1.54) is 10.9 Å². The van der Waals surface area contributed by atoms with E-state index in [2.05, 4.69) is 15.5 Å². The van der Waals surface area contributed by atoms with Crippen molar-refractivity contribution in [2.75, 3.05) is 12.4 Å². The Balaban J connectivity index is 1.60. The third-order valence-corrected chi connectivity index (χ3v) is 4.09. The quantitative estimate of drug-likeness (QED) is 0.582. The van der Waals surface area contributed by atoms with E-state index in [0.29, 0.717) is 16.7 Å². The molecular weight excluding hydrogens is 344 g/mol. The fourth-order valence-corrected chi connectivity index (χ4v) is 2.69. The number of amides is 1. The number of phenolic OH excluding ortho intramolecular Hbond substituents is 1. The van der Waals surface area contributed by atoms with Gasteiger partial charge in [-0.2, -0.15) is 4.80 Å². The Morgan fingerprint density at radius 3 is 2.48 bits per heavy atom. The van der Waals surface area contributed by atoms with Gasteiger partial charge in [-0.05, 0) is 54.6 Å². The predicted molar refractivity (Wildman–Crippen MR) is 101 cm³/mol. The van der Waals surface area contributed by atoms with E-state index in [0.717, 1.165) is 11.4 Å². The molecule has 7 nitrogen and oxygen atoms in total. The summed E-state index contributed by atoms with van der Waals surface area (Å²) in [6.07, 6.45) is 0. The summed E-state index contributed by atoms with van der Waals surface area (Å²) < 4.78 is 5.15. The number of methoxy groups -OCH3 is 1. The number of carbonyl (C=O) groups is 1. The molecule has 134 valence electrons. The molecule has 0 bridgehead atoms. The number of carbonyl (C=O) groups excluding carboxylic acids is 1. The molecule has 1 amide bonds. The lowest BCUT2D eigenvalue weighted by Crippen LogP contribution is -2.11. The zero-order chi connectivity index (χ0) is 18.8. The number of phenols is 1. The van der Waals surface area contributed by atoms with Crippen molar-refractivity contribution in [3.63, 3.8) is 0 Å². The molecule has 0 spiro atoms. The van der Waals surface area contributed by atoms with Crippen LogP contribution in [0.4, 0.5) is 5.69 Å². The molecular formula is C20H16N4O3. The first kappa shape index (κ1) is 16.6. The summed E-state index contributed by atoms with van der Waals surface area (Å²) in [5, 5.41) is 21.5. The molecule has 3 aromatic carbocycles. The zero-order valence-electron chi connectivity index (χ0n) is 14.5. The molecule has 0 radical (unpaired) electrons. The Morgan fingerprint density at radius 2 is 1.74 bits per heavy atom. The van der Waals surface area contributed by atoms with Gasteiger partial charge < -0.3 is 15.2 Å². The number of hydrogen-bond acceptors (Lipinski definition) is 5. The van der Waals surface area contributed by atoms with Crippen LogP contribution < -0.4 is 10.1 Å². The third-order valence-electron chi connectivity index (χ3n) is 4.09. The highest BCUT2D eigenvalue weighted by atomic mass is 16.5. The average molecular weight is 360 g/mol. The van der Waals surface area contributed by atoms with Gasteiger partial charge in [0.25, 0.3) is 5.91 Å². The van der Waals surface area contributed by atoms with Gasteiger partial charge in [0.1, 0.15) is 22.5 Å². The lowest BCUT2D eigenvalue weighted by atomic mass is 10.2. The number of hydrogen-bond donors (Lipinski definition) is 2. The molecule has 7 heteroatoms. The first-order valence-electron chi connectivity index (χ1n) is 8.25. The third kappa shape index (κ3) is 3.30. The van der Waals surface area contributed by atoms with E-state index in [9.17, 15) is 9.90 Å². The van der Waals surface area contributed by atoms with Gasteiger partial charge in [0.05, 0.1) is 18.4 Å². The summed E-state index contributed by atoms with van der Waals surface area (Å²) >= 11 is 0. The van der Waals surface area contributed by atoms with Gasteiger partial charge in [0, 0.05) is 5.69 Å². The van der Waals surface area contributed by atoms with Crippen LogP contribution >= 0.6 is 0 Å². The van der Waals surface area contributed by atoms with Gasteiger partial charge in [-0.15, -0.1) is 10.2 Å². The predicted octanol–water partition coefficient (Wildman–Crippen LogP) is 3.39. The summed E-state index contributed by atoms with van der Waals surface area (Å²) in [7, 11) is 1.61. The smallest absolute Gasteiger partial charge is 0.259 e. The number of ether oxygens (including phenoxy) is 1. The number of aromatic hydroxyl groups is 1. The number of nitrogens with one attached hydrogen (secondary N) is 1. The molecule has 0 aliphatic rings. The number of anilines is 1. The van der Waals surface area contributed by atoms with Crippen LogP contribution in [0.15, 0.2) is 66.7 Å². The fourth-order valence-electron chi connectivity index (χ4n) is 2.69. The van der Waals surface area contributed by atoms with E-state index in [1.807, 2.05) is 24.3 Å². The molecule has 0 aliphatic heterocycles. The van der Waals surface area contributed by atoms with Crippen LogP contribution in [0.2, 0.25) is 0 Å². The monoisotopic (exact) mass is 360 g/mol. The lowest BCUT2D eigenvalue weighted by Gasteiger charge is -2.06. The molecule has 0 saturated heterocycles. The van der Waals surface area contributed by atoms with Crippen molar-refractivity contribution >= 4 is 22.6 Å². The molecule has 27 heavy (non-hydrogen) atoms. The van der Waals surface area contributed by atoms with E-state index in [4.69, 9.17) is 4.74 Å². The number of aromatic nitrogens is 3. The van der Waals surface area contributed by atoms with E-state index < -0.39 is 5.91 Å². The first-order valence-corrected chi connectivity index (χ1v) is 8.25. The van der Waals surface area contributed by atoms with Gasteiger partial charge >= 0.3 is 0 Å². The lowest BCUT2D eigenvalue weighted by molar-refractivity contribution is 0.102. The van der Waals surface area contributed by atoms with Crippen LogP contribution in [-0.2, 0) is 0 Å². The topological polar surface area (TPSA) is 89.3 Å². The van der Waals surface area contributed by atoms with Crippen LogP contribution in [0.3, 0.4) is 0 Å². The second-order valence-electron chi connectivity index (χ2n) is 5.86. The molecule has 0 aliphatic carbocycles. The molecule has 0 fully saturated rings. The summed E-state index contributed by atoms with van der Waals surface area (Å²) in [6.45, 7) is 0. The van der Waals surface area contributed by atoms with Gasteiger partial charge in [-0.3, -0.25) is 4.79 Å².